The van der Waals surface area contributed by atoms with Crippen LogP contribution >= 0.6 is 11.6 Å². The average Bonchev–Trinajstić information content (AvgIpc) is 2.83. The van der Waals surface area contributed by atoms with Gasteiger partial charge in [0.15, 0.2) is 0 Å². The minimum Gasteiger partial charge on any atom is -0.352 e. The van der Waals surface area contributed by atoms with Gasteiger partial charge in [0.1, 0.15) is 12.1 Å². The number of carbonyl (C=O) groups excluding carboxylic acids is 3. The molecule has 146 valence electrons. The van der Waals surface area contributed by atoms with E-state index in [1.807, 2.05) is 0 Å². The number of amides is 4. The Kier molecular flexibility index (Phi) is 5.47. The molecule has 2 aliphatic rings. The molecule has 0 aromatic heterocycles. The summed E-state index contributed by atoms with van der Waals surface area (Å²) in [5.41, 5.74) is -0.759. The third kappa shape index (κ3) is 3.68. The van der Waals surface area contributed by atoms with E-state index in [2.05, 4.69) is 24.5 Å². The summed E-state index contributed by atoms with van der Waals surface area (Å²) in [6.07, 6.45) is 3.16. The molecule has 6 nitrogen and oxygen atoms in total. The second-order valence-electron chi connectivity index (χ2n) is 7.87. The van der Waals surface area contributed by atoms with Crippen LogP contribution in [0.25, 0.3) is 0 Å². The van der Waals surface area contributed by atoms with Crippen LogP contribution in [-0.2, 0) is 15.1 Å². The molecule has 0 radical (unpaired) electrons. The molecule has 4 amide bonds. The van der Waals surface area contributed by atoms with Gasteiger partial charge in [-0.3, -0.25) is 14.5 Å². The van der Waals surface area contributed by atoms with Crippen molar-refractivity contribution in [2.24, 2.45) is 11.8 Å². The van der Waals surface area contributed by atoms with E-state index in [0.717, 1.165) is 24.2 Å². The molecule has 2 N–H and O–H groups in total. The number of imide groups is 1. The van der Waals surface area contributed by atoms with Crippen LogP contribution in [0.3, 0.4) is 0 Å². The van der Waals surface area contributed by atoms with Crippen LogP contribution in [-0.4, -0.2) is 35.3 Å². The lowest BCUT2D eigenvalue weighted by Gasteiger charge is -2.34. The fourth-order valence-electron chi connectivity index (χ4n) is 4.07. The minimum atomic E-state index is -1.28. The zero-order valence-electron chi connectivity index (χ0n) is 15.9. The number of nitrogens with one attached hydrogen (secondary N) is 2. The molecule has 4 atom stereocenters. The first-order valence-corrected chi connectivity index (χ1v) is 9.80. The fraction of sp³-hybridized carbons (Fsp3) is 0.550. The van der Waals surface area contributed by atoms with Crippen LogP contribution in [0.5, 0.6) is 0 Å². The number of urea groups is 1. The molecular formula is C20H26ClN3O3. The number of nitrogens with zero attached hydrogens (tertiary/aromatic N) is 1. The topological polar surface area (TPSA) is 78.5 Å². The van der Waals surface area contributed by atoms with Crippen LogP contribution < -0.4 is 10.6 Å². The first kappa shape index (κ1) is 19.7. The van der Waals surface area contributed by atoms with Gasteiger partial charge in [-0.1, -0.05) is 56.5 Å². The quantitative estimate of drug-likeness (QED) is 0.774. The summed E-state index contributed by atoms with van der Waals surface area (Å²) in [7, 11) is 0. The largest absolute Gasteiger partial charge is 0.352 e. The van der Waals surface area contributed by atoms with E-state index in [1.54, 1.807) is 31.2 Å². The highest BCUT2D eigenvalue weighted by molar-refractivity contribution is 6.32. The summed E-state index contributed by atoms with van der Waals surface area (Å²) in [4.78, 5) is 38.8. The molecule has 0 unspecified atom stereocenters. The number of rotatable bonds is 4. The van der Waals surface area contributed by atoms with Crippen molar-refractivity contribution in [3.63, 3.8) is 0 Å². The van der Waals surface area contributed by atoms with Crippen molar-refractivity contribution in [2.75, 3.05) is 6.54 Å². The minimum absolute atomic E-state index is 0.0805. The molecule has 1 aliphatic heterocycles. The average molecular weight is 392 g/mol. The van der Waals surface area contributed by atoms with Crippen molar-refractivity contribution in [1.29, 1.82) is 0 Å². The number of carbonyl (C=O) groups is 3. The van der Waals surface area contributed by atoms with Gasteiger partial charge in [-0.15, -0.1) is 0 Å². The molecule has 3 rings (SSSR count). The Morgan fingerprint density at radius 1 is 1.30 bits per heavy atom. The molecule has 1 heterocycles. The molecule has 7 heteroatoms. The van der Waals surface area contributed by atoms with E-state index >= 15 is 0 Å². The second-order valence-corrected chi connectivity index (χ2v) is 8.27. The van der Waals surface area contributed by atoms with Gasteiger partial charge in [-0.05, 0) is 31.2 Å². The normalized spacial score (nSPS) is 31.0. The van der Waals surface area contributed by atoms with Gasteiger partial charge in [0.2, 0.25) is 5.91 Å². The molecule has 27 heavy (non-hydrogen) atoms. The van der Waals surface area contributed by atoms with Gasteiger partial charge >= 0.3 is 6.03 Å². The first-order chi connectivity index (χ1) is 12.7. The third-order valence-corrected chi connectivity index (χ3v) is 6.37. The lowest BCUT2D eigenvalue weighted by molar-refractivity contribution is -0.135. The molecule has 2 fully saturated rings. The SMILES string of the molecule is C[C@@H]1[C@H](C)CCC[C@@H]1NC(=O)CN1C(=O)N[C@](C)(c2ccccc2Cl)C1=O. The molecule has 1 saturated carbocycles. The highest BCUT2D eigenvalue weighted by Crippen LogP contribution is 2.33. The molecular weight excluding hydrogens is 366 g/mol. The Balaban J connectivity index is 1.70. The lowest BCUT2D eigenvalue weighted by atomic mass is 9.78. The number of hydrogen-bond donors (Lipinski definition) is 2. The van der Waals surface area contributed by atoms with Crippen LogP contribution in [0, 0.1) is 11.8 Å². The number of halogens is 1. The van der Waals surface area contributed by atoms with Crippen molar-refractivity contribution in [3.05, 3.63) is 34.9 Å². The zero-order chi connectivity index (χ0) is 19.8. The van der Waals surface area contributed by atoms with Gasteiger partial charge in [-0.25, -0.2) is 4.79 Å². The molecule has 0 bridgehead atoms. The Hall–Kier alpha value is -2.08. The lowest BCUT2D eigenvalue weighted by Crippen LogP contribution is -2.49. The van der Waals surface area contributed by atoms with E-state index in [1.165, 1.54) is 0 Å². The molecule has 1 aliphatic carbocycles. The summed E-state index contributed by atoms with van der Waals surface area (Å²) in [6.45, 7) is 5.64. The van der Waals surface area contributed by atoms with E-state index in [9.17, 15) is 14.4 Å². The van der Waals surface area contributed by atoms with Crippen LogP contribution in [0.15, 0.2) is 24.3 Å². The summed E-state index contributed by atoms with van der Waals surface area (Å²) < 4.78 is 0. The second kappa shape index (κ2) is 7.50. The number of benzene rings is 1. The van der Waals surface area contributed by atoms with Gasteiger partial charge in [-0.2, -0.15) is 0 Å². The molecule has 1 saturated heterocycles. The summed E-state index contributed by atoms with van der Waals surface area (Å²) in [5, 5.41) is 6.09. The molecule has 1 aromatic rings. The maximum Gasteiger partial charge on any atom is 0.325 e. The Morgan fingerprint density at radius 3 is 2.70 bits per heavy atom. The predicted molar refractivity (Wildman–Crippen MR) is 103 cm³/mol. The Labute approximate surface area is 164 Å². The van der Waals surface area contributed by atoms with E-state index in [4.69, 9.17) is 11.6 Å². The van der Waals surface area contributed by atoms with E-state index in [0.29, 0.717) is 22.4 Å². The van der Waals surface area contributed by atoms with Crippen LogP contribution in [0.2, 0.25) is 5.02 Å². The first-order valence-electron chi connectivity index (χ1n) is 9.42. The van der Waals surface area contributed by atoms with Crippen molar-refractivity contribution in [2.45, 2.75) is 51.6 Å². The van der Waals surface area contributed by atoms with Crippen LogP contribution in [0.4, 0.5) is 4.79 Å². The molecule has 1 aromatic carbocycles. The maximum absolute atomic E-state index is 12.9. The predicted octanol–water partition coefficient (Wildman–Crippen LogP) is 3.05. The highest BCUT2D eigenvalue weighted by Gasteiger charge is 2.50. The van der Waals surface area contributed by atoms with Gasteiger partial charge in [0.25, 0.3) is 5.91 Å². The van der Waals surface area contributed by atoms with Gasteiger partial charge in [0.05, 0.1) is 0 Å². The molecule has 0 spiro atoms. The summed E-state index contributed by atoms with van der Waals surface area (Å²) >= 11 is 6.22. The third-order valence-electron chi connectivity index (χ3n) is 6.04. The van der Waals surface area contributed by atoms with Crippen LogP contribution in [0.1, 0.15) is 45.6 Å². The maximum atomic E-state index is 12.9. The van der Waals surface area contributed by atoms with Crippen molar-refractivity contribution in [3.8, 4) is 0 Å². The zero-order valence-corrected chi connectivity index (χ0v) is 16.7. The standard InChI is InChI=1S/C20H26ClN3O3/c1-12-7-6-10-16(13(12)2)22-17(25)11-24-18(26)20(3,23-19(24)27)14-8-4-5-9-15(14)21/h4-5,8-9,12-13,16H,6-7,10-11H2,1-3H3,(H,22,25)(H,23,27)/t12-,13-,16+,20-/m1/s1. The van der Waals surface area contributed by atoms with Gasteiger partial charge < -0.3 is 10.6 Å². The van der Waals surface area contributed by atoms with E-state index < -0.39 is 17.5 Å². The fourth-order valence-corrected chi connectivity index (χ4v) is 4.40. The Bertz CT molecular complexity index is 769. The Morgan fingerprint density at radius 2 is 2.00 bits per heavy atom. The number of hydrogen-bond acceptors (Lipinski definition) is 3. The smallest absolute Gasteiger partial charge is 0.325 e. The van der Waals surface area contributed by atoms with Crippen molar-refractivity contribution >= 4 is 29.4 Å². The monoisotopic (exact) mass is 391 g/mol. The summed E-state index contributed by atoms with van der Waals surface area (Å²) in [6, 6.07) is 6.39. The van der Waals surface area contributed by atoms with Crippen molar-refractivity contribution in [1.82, 2.24) is 15.5 Å². The van der Waals surface area contributed by atoms with Crippen molar-refractivity contribution < 1.29 is 14.4 Å². The van der Waals surface area contributed by atoms with E-state index in [-0.39, 0.29) is 18.5 Å². The van der Waals surface area contributed by atoms with Gasteiger partial charge in [0, 0.05) is 16.6 Å². The summed E-state index contributed by atoms with van der Waals surface area (Å²) in [5.74, 6) is 0.136. The highest BCUT2D eigenvalue weighted by atomic mass is 35.5.